The van der Waals surface area contributed by atoms with Crippen LogP contribution in [-0.4, -0.2) is 29.0 Å². The van der Waals surface area contributed by atoms with Gasteiger partial charge in [0.1, 0.15) is 0 Å². The molecule has 0 aliphatic carbocycles. The zero-order valence-corrected chi connectivity index (χ0v) is 12.5. The molecule has 1 amide bonds. The third-order valence-electron chi connectivity index (χ3n) is 3.98. The van der Waals surface area contributed by atoms with Crippen molar-refractivity contribution >= 4 is 27.5 Å². The van der Waals surface area contributed by atoms with Crippen LogP contribution in [0.1, 0.15) is 30.4 Å². The normalized spacial score (nSPS) is 27.2. The fourth-order valence-corrected chi connectivity index (χ4v) is 3.67. The summed E-state index contributed by atoms with van der Waals surface area (Å²) in [5, 5.41) is 13.8. The Balaban J connectivity index is 2.10. The molecule has 19 heavy (non-hydrogen) atoms. The van der Waals surface area contributed by atoms with Gasteiger partial charge in [-0.1, -0.05) is 6.42 Å². The molecule has 1 aromatic carbocycles. The number of hydrogen-bond acceptors (Lipinski definition) is 3. The average molecular weight is 325 g/mol. The Morgan fingerprint density at radius 1 is 1.32 bits per heavy atom. The van der Waals surface area contributed by atoms with Gasteiger partial charge in [-0.3, -0.25) is 9.69 Å². The average Bonchev–Trinajstić information content (AvgIpc) is 2.66. The monoisotopic (exact) mass is 324 g/mol. The summed E-state index contributed by atoms with van der Waals surface area (Å²) < 4.78 is 0.823. The molecule has 2 heterocycles. The van der Waals surface area contributed by atoms with Gasteiger partial charge < -0.3 is 10.4 Å². The molecule has 0 aromatic heterocycles. The number of halogens is 1. The van der Waals surface area contributed by atoms with Crippen molar-refractivity contribution in [1.29, 1.82) is 0 Å². The second kappa shape index (κ2) is 4.58. The van der Waals surface area contributed by atoms with E-state index in [-0.39, 0.29) is 5.91 Å². The number of likely N-dealkylation sites (tertiary alicyclic amines) is 1. The zero-order chi connectivity index (χ0) is 13.6. The van der Waals surface area contributed by atoms with E-state index < -0.39 is 5.72 Å². The number of hydrogen-bond donors (Lipinski definition) is 2. The summed E-state index contributed by atoms with van der Waals surface area (Å²) in [6, 6.07) is 3.84. The highest BCUT2D eigenvalue weighted by molar-refractivity contribution is 9.10. The number of benzene rings is 1. The molecule has 1 aromatic rings. The zero-order valence-electron chi connectivity index (χ0n) is 10.9. The predicted molar refractivity (Wildman–Crippen MR) is 76.8 cm³/mol. The van der Waals surface area contributed by atoms with E-state index in [4.69, 9.17) is 0 Å². The van der Waals surface area contributed by atoms with Gasteiger partial charge in [-0.15, -0.1) is 0 Å². The number of aliphatic hydroxyl groups is 1. The summed E-state index contributed by atoms with van der Waals surface area (Å²) >= 11 is 3.46. The van der Waals surface area contributed by atoms with Crippen molar-refractivity contribution in [2.45, 2.75) is 31.9 Å². The maximum atomic E-state index is 12.3. The van der Waals surface area contributed by atoms with E-state index in [1.165, 1.54) is 6.42 Å². The van der Waals surface area contributed by atoms with Crippen LogP contribution in [0.5, 0.6) is 0 Å². The quantitative estimate of drug-likeness (QED) is 0.833. The molecule has 1 atom stereocenters. The number of carbonyl (C=O) groups is 1. The lowest BCUT2D eigenvalue weighted by Gasteiger charge is -2.37. The first-order valence-corrected chi connectivity index (χ1v) is 7.42. The Hall–Kier alpha value is -0.910. The van der Waals surface area contributed by atoms with Crippen molar-refractivity contribution in [2.75, 3.05) is 18.4 Å². The number of nitrogens with one attached hydrogen (secondary N) is 1. The lowest BCUT2D eigenvalue weighted by Crippen LogP contribution is -2.52. The maximum absolute atomic E-state index is 12.3. The fraction of sp³-hybridized carbons (Fsp3) is 0.500. The number of piperidine rings is 1. The fourth-order valence-electron chi connectivity index (χ4n) is 3.00. The highest BCUT2D eigenvalue weighted by atomic mass is 79.9. The standard InChI is InChI=1S/C14H17BrN2O2/c1-9-7-10-12(11(15)8-9)16-13(18)14(10,19)17-5-3-2-4-6-17/h7-8,19H,2-6H2,1H3,(H,16,18). The highest BCUT2D eigenvalue weighted by Crippen LogP contribution is 2.43. The van der Waals surface area contributed by atoms with E-state index in [1.807, 2.05) is 24.0 Å². The smallest absolute Gasteiger partial charge is 0.277 e. The van der Waals surface area contributed by atoms with Crippen LogP contribution in [0.3, 0.4) is 0 Å². The van der Waals surface area contributed by atoms with Crippen molar-refractivity contribution in [3.05, 3.63) is 27.7 Å². The largest absolute Gasteiger partial charge is 0.364 e. The molecule has 0 radical (unpaired) electrons. The molecule has 1 fully saturated rings. The van der Waals surface area contributed by atoms with Gasteiger partial charge in [0.25, 0.3) is 5.91 Å². The number of anilines is 1. The number of carbonyl (C=O) groups excluding carboxylic acids is 1. The number of amides is 1. The van der Waals surface area contributed by atoms with Gasteiger partial charge in [0.2, 0.25) is 5.72 Å². The van der Waals surface area contributed by atoms with Crippen molar-refractivity contribution < 1.29 is 9.90 Å². The summed E-state index contributed by atoms with van der Waals surface area (Å²) in [6.07, 6.45) is 3.22. The topological polar surface area (TPSA) is 52.6 Å². The minimum Gasteiger partial charge on any atom is -0.364 e. The Morgan fingerprint density at radius 2 is 2.00 bits per heavy atom. The molecule has 2 aliphatic heterocycles. The third-order valence-corrected chi connectivity index (χ3v) is 4.60. The van der Waals surface area contributed by atoms with E-state index >= 15 is 0 Å². The molecule has 3 rings (SSSR count). The molecule has 4 nitrogen and oxygen atoms in total. The van der Waals surface area contributed by atoms with Crippen LogP contribution < -0.4 is 5.32 Å². The van der Waals surface area contributed by atoms with Crippen LogP contribution in [0.15, 0.2) is 16.6 Å². The van der Waals surface area contributed by atoms with E-state index in [0.717, 1.165) is 36.0 Å². The summed E-state index contributed by atoms with van der Waals surface area (Å²) in [5.41, 5.74) is 0.886. The molecule has 2 N–H and O–H groups in total. The summed E-state index contributed by atoms with van der Waals surface area (Å²) in [4.78, 5) is 14.2. The number of aryl methyl sites for hydroxylation is 1. The van der Waals surface area contributed by atoms with Crippen molar-refractivity contribution in [1.82, 2.24) is 4.90 Å². The molecule has 1 unspecified atom stereocenters. The van der Waals surface area contributed by atoms with Gasteiger partial charge in [-0.25, -0.2) is 0 Å². The first kappa shape index (κ1) is 13.1. The van der Waals surface area contributed by atoms with Gasteiger partial charge >= 0.3 is 0 Å². The van der Waals surface area contributed by atoms with E-state index in [2.05, 4.69) is 21.2 Å². The Morgan fingerprint density at radius 3 is 2.68 bits per heavy atom. The van der Waals surface area contributed by atoms with Gasteiger partial charge in [0, 0.05) is 23.1 Å². The summed E-state index contributed by atoms with van der Waals surface area (Å²) in [6.45, 7) is 3.48. The van der Waals surface area contributed by atoms with Crippen LogP contribution >= 0.6 is 15.9 Å². The molecular formula is C14H17BrN2O2. The number of rotatable bonds is 1. The third kappa shape index (κ3) is 1.91. The Kier molecular flexibility index (Phi) is 3.15. The first-order valence-electron chi connectivity index (χ1n) is 6.63. The first-order chi connectivity index (χ1) is 9.03. The second-order valence-corrected chi connectivity index (χ2v) is 6.20. The van der Waals surface area contributed by atoms with Crippen LogP contribution in [0.2, 0.25) is 0 Å². The van der Waals surface area contributed by atoms with Gasteiger partial charge in [-0.05, 0) is 53.4 Å². The summed E-state index contributed by atoms with van der Waals surface area (Å²) in [5.74, 6) is -0.337. The number of nitrogens with zero attached hydrogens (tertiary/aromatic N) is 1. The molecule has 0 bridgehead atoms. The van der Waals surface area contributed by atoms with E-state index in [9.17, 15) is 9.90 Å². The molecule has 102 valence electrons. The lowest BCUT2D eigenvalue weighted by molar-refractivity contribution is -0.161. The molecule has 1 saturated heterocycles. The van der Waals surface area contributed by atoms with Crippen molar-refractivity contribution in [2.24, 2.45) is 0 Å². The molecule has 0 saturated carbocycles. The Labute approximate surface area is 120 Å². The van der Waals surface area contributed by atoms with Crippen LogP contribution in [0.4, 0.5) is 5.69 Å². The van der Waals surface area contributed by atoms with Crippen molar-refractivity contribution in [3.8, 4) is 0 Å². The SMILES string of the molecule is Cc1cc(Br)c2c(c1)C(O)(N1CCCCC1)C(=O)N2. The van der Waals surface area contributed by atoms with Crippen LogP contribution in [0.25, 0.3) is 0 Å². The predicted octanol–water partition coefficient (Wildman–Crippen LogP) is 2.34. The highest BCUT2D eigenvalue weighted by Gasteiger charge is 2.50. The van der Waals surface area contributed by atoms with E-state index in [0.29, 0.717) is 11.3 Å². The molecule has 0 spiro atoms. The van der Waals surface area contributed by atoms with Crippen LogP contribution in [0, 0.1) is 6.92 Å². The van der Waals surface area contributed by atoms with Crippen LogP contribution in [-0.2, 0) is 10.5 Å². The number of fused-ring (bicyclic) bond motifs is 1. The van der Waals surface area contributed by atoms with Gasteiger partial charge in [0.15, 0.2) is 0 Å². The lowest BCUT2D eigenvalue weighted by atomic mass is 9.97. The van der Waals surface area contributed by atoms with Crippen molar-refractivity contribution in [3.63, 3.8) is 0 Å². The Bertz CT molecular complexity index is 540. The van der Waals surface area contributed by atoms with E-state index in [1.54, 1.807) is 0 Å². The maximum Gasteiger partial charge on any atom is 0.277 e. The molecular weight excluding hydrogens is 308 g/mol. The molecule has 2 aliphatic rings. The minimum absolute atomic E-state index is 0.337. The van der Waals surface area contributed by atoms with Gasteiger partial charge in [0.05, 0.1) is 5.69 Å². The summed E-state index contributed by atoms with van der Waals surface area (Å²) in [7, 11) is 0. The minimum atomic E-state index is -1.51. The molecule has 5 heteroatoms. The second-order valence-electron chi connectivity index (χ2n) is 5.34. The van der Waals surface area contributed by atoms with Gasteiger partial charge in [-0.2, -0.15) is 0 Å².